The van der Waals surface area contributed by atoms with Gasteiger partial charge in [-0.2, -0.15) is 5.26 Å². The summed E-state index contributed by atoms with van der Waals surface area (Å²) in [6.07, 6.45) is 7.52. The van der Waals surface area contributed by atoms with Crippen LogP contribution in [0.15, 0.2) is 48.5 Å². The van der Waals surface area contributed by atoms with Gasteiger partial charge in [-0.05, 0) is 35.6 Å². The second-order valence-corrected chi connectivity index (χ2v) is 5.52. The molecule has 1 heteroatoms. The summed E-state index contributed by atoms with van der Waals surface area (Å²) in [4.78, 5) is 0. The molecule has 0 saturated heterocycles. The van der Waals surface area contributed by atoms with Crippen molar-refractivity contribution in [3.05, 3.63) is 59.7 Å². The van der Waals surface area contributed by atoms with Gasteiger partial charge in [-0.3, -0.25) is 0 Å². The quantitative estimate of drug-likeness (QED) is 0.592. The maximum Gasteiger partial charge on any atom is 0.0998 e. The summed E-state index contributed by atoms with van der Waals surface area (Å²) in [6.45, 7) is 2.24. The molecule has 0 spiro atoms. The third-order valence-corrected chi connectivity index (χ3v) is 3.86. The van der Waals surface area contributed by atoms with E-state index >= 15 is 0 Å². The molecule has 0 N–H and O–H groups in total. The Kier molecular flexibility index (Phi) is 6.03. The Labute approximate surface area is 128 Å². The van der Waals surface area contributed by atoms with E-state index in [0.29, 0.717) is 0 Å². The van der Waals surface area contributed by atoms with E-state index in [0.717, 1.165) is 23.1 Å². The molecule has 2 aromatic rings. The molecule has 21 heavy (non-hydrogen) atoms. The summed E-state index contributed by atoms with van der Waals surface area (Å²) in [6, 6.07) is 18.8. The van der Waals surface area contributed by atoms with Crippen LogP contribution in [0, 0.1) is 11.3 Å². The zero-order valence-electron chi connectivity index (χ0n) is 12.8. The van der Waals surface area contributed by atoms with Crippen molar-refractivity contribution >= 4 is 0 Å². The predicted molar refractivity (Wildman–Crippen MR) is 89.1 cm³/mol. The number of hydrogen-bond acceptors (Lipinski definition) is 1. The minimum Gasteiger partial charge on any atom is -0.192 e. The fourth-order valence-corrected chi connectivity index (χ4v) is 2.64. The van der Waals surface area contributed by atoms with Crippen LogP contribution < -0.4 is 0 Å². The minimum absolute atomic E-state index is 0.784. The van der Waals surface area contributed by atoms with Gasteiger partial charge in [-0.25, -0.2) is 0 Å². The molecule has 0 unspecified atom stereocenters. The van der Waals surface area contributed by atoms with Gasteiger partial charge in [0.1, 0.15) is 0 Å². The molecule has 0 aliphatic carbocycles. The van der Waals surface area contributed by atoms with Gasteiger partial charge in [0, 0.05) is 0 Å². The van der Waals surface area contributed by atoms with E-state index in [4.69, 9.17) is 0 Å². The normalized spacial score (nSPS) is 10.3. The molecule has 1 nitrogen and oxygen atoms in total. The van der Waals surface area contributed by atoms with Crippen LogP contribution in [0.1, 0.15) is 50.2 Å². The fraction of sp³-hybridized carbons (Fsp3) is 0.350. The van der Waals surface area contributed by atoms with Crippen LogP contribution in [0.5, 0.6) is 0 Å². The largest absolute Gasteiger partial charge is 0.192 e. The van der Waals surface area contributed by atoms with Gasteiger partial charge in [0.15, 0.2) is 0 Å². The van der Waals surface area contributed by atoms with E-state index in [9.17, 15) is 5.26 Å². The number of unbranched alkanes of at least 4 members (excludes halogenated alkanes) is 4. The molecule has 0 aliphatic rings. The first kappa shape index (κ1) is 15.3. The maximum absolute atomic E-state index is 9.40. The van der Waals surface area contributed by atoms with Gasteiger partial charge >= 0.3 is 0 Å². The maximum atomic E-state index is 9.40. The van der Waals surface area contributed by atoms with Crippen molar-refractivity contribution in [1.29, 1.82) is 5.26 Å². The average molecular weight is 277 g/mol. The van der Waals surface area contributed by atoms with E-state index in [2.05, 4.69) is 43.3 Å². The number of hydrogen-bond donors (Lipinski definition) is 0. The highest BCUT2D eigenvalue weighted by Crippen LogP contribution is 2.24. The van der Waals surface area contributed by atoms with Gasteiger partial charge in [-0.1, -0.05) is 75.1 Å². The highest BCUT2D eigenvalue weighted by molar-refractivity contribution is 5.70. The zero-order valence-corrected chi connectivity index (χ0v) is 12.8. The van der Waals surface area contributed by atoms with Crippen LogP contribution in [0.4, 0.5) is 0 Å². The van der Waals surface area contributed by atoms with E-state index in [1.807, 2.05) is 18.2 Å². The summed E-state index contributed by atoms with van der Waals surface area (Å²) in [5.41, 5.74) is 4.21. The number of aryl methyl sites for hydroxylation is 1. The molecule has 0 radical (unpaired) electrons. The van der Waals surface area contributed by atoms with Gasteiger partial charge in [0.25, 0.3) is 0 Å². The second-order valence-electron chi connectivity index (χ2n) is 5.52. The topological polar surface area (TPSA) is 23.8 Å². The number of nitrogens with zero attached hydrogens (tertiary/aromatic N) is 1. The molecular formula is C20H23N. The number of nitriles is 1. The van der Waals surface area contributed by atoms with Crippen molar-refractivity contribution in [2.75, 3.05) is 0 Å². The van der Waals surface area contributed by atoms with Crippen LogP contribution in [-0.2, 0) is 6.42 Å². The highest BCUT2D eigenvalue weighted by atomic mass is 14.2. The number of rotatable bonds is 7. The van der Waals surface area contributed by atoms with Crippen molar-refractivity contribution in [3.63, 3.8) is 0 Å². The summed E-state index contributed by atoms with van der Waals surface area (Å²) in [5, 5.41) is 9.40. The zero-order chi connectivity index (χ0) is 14.9. The first-order valence-corrected chi connectivity index (χ1v) is 7.93. The first-order chi connectivity index (χ1) is 10.3. The highest BCUT2D eigenvalue weighted by Gasteiger charge is 2.05. The van der Waals surface area contributed by atoms with Crippen LogP contribution >= 0.6 is 0 Å². The monoisotopic (exact) mass is 277 g/mol. The van der Waals surface area contributed by atoms with Gasteiger partial charge in [0.2, 0.25) is 0 Å². The molecule has 0 bridgehead atoms. The van der Waals surface area contributed by atoms with Crippen molar-refractivity contribution in [2.24, 2.45) is 0 Å². The molecule has 0 aromatic heterocycles. The predicted octanol–water partition coefficient (Wildman–Crippen LogP) is 5.74. The molecule has 0 amide bonds. The smallest absolute Gasteiger partial charge is 0.0998 e. The summed E-state index contributed by atoms with van der Waals surface area (Å²) in [7, 11) is 0. The summed E-state index contributed by atoms with van der Waals surface area (Å²) < 4.78 is 0. The van der Waals surface area contributed by atoms with Crippen LogP contribution in [0.3, 0.4) is 0 Å². The van der Waals surface area contributed by atoms with E-state index < -0.39 is 0 Å². The Morgan fingerprint density at radius 3 is 2.38 bits per heavy atom. The third kappa shape index (κ3) is 4.46. The Morgan fingerprint density at radius 1 is 0.905 bits per heavy atom. The van der Waals surface area contributed by atoms with Crippen molar-refractivity contribution in [3.8, 4) is 17.2 Å². The molecule has 0 saturated carbocycles. The van der Waals surface area contributed by atoms with Crippen molar-refractivity contribution in [2.45, 2.75) is 45.4 Å². The Bertz CT molecular complexity index is 593. The Morgan fingerprint density at radius 2 is 1.67 bits per heavy atom. The van der Waals surface area contributed by atoms with E-state index in [1.165, 1.54) is 37.7 Å². The van der Waals surface area contributed by atoms with Gasteiger partial charge in [-0.15, -0.1) is 0 Å². The lowest BCUT2D eigenvalue weighted by molar-refractivity contribution is 0.632. The van der Waals surface area contributed by atoms with Crippen molar-refractivity contribution in [1.82, 2.24) is 0 Å². The molecule has 2 aromatic carbocycles. The molecule has 2 rings (SSSR count). The molecular weight excluding hydrogens is 254 g/mol. The van der Waals surface area contributed by atoms with E-state index in [-0.39, 0.29) is 0 Å². The van der Waals surface area contributed by atoms with E-state index in [1.54, 1.807) is 0 Å². The molecule has 0 heterocycles. The molecule has 0 atom stereocenters. The minimum atomic E-state index is 0.784. The molecule has 108 valence electrons. The fourth-order valence-electron chi connectivity index (χ4n) is 2.64. The Balaban J connectivity index is 2.05. The van der Waals surface area contributed by atoms with Crippen LogP contribution in [0.2, 0.25) is 0 Å². The summed E-state index contributed by atoms with van der Waals surface area (Å²) in [5.74, 6) is 0. The van der Waals surface area contributed by atoms with Gasteiger partial charge < -0.3 is 0 Å². The summed E-state index contributed by atoms with van der Waals surface area (Å²) >= 11 is 0. The number of benzene rings is 2. The lowest BCUT2D eigenvalue weighted by Gasteiger charge is -2.07. The van der Waals surface area contributed by atoms with Crippen LogP contribution in [-0.4, -0.2) is 0 Å². The van der Waals surface area contributed by atoms with Crippen LogP contribution in [0.25, 0.3) is 11.1 Å². The lowest BCUT2D eigenvalue weighted by atomic mass is 9.96. The third-order valence-electron chi connectivity index (χ3n) is 3.86. The molecule has 0 fully saturated rings. The molecule has 0 aliphatic heterocycles. The first-order valence-electron chi connectivity index (χ1n) is 7.93. The SMILES string of the molecule is CCCCCCCc1ccc(-c2ccccc2)c(C#N)c1. The lowest BCUT2D eigenvalue weighted by Crippen LogP contribution is -1.90. The van der Waals surface area contributed by atoms with Crippen molar-refractivity contribution < 1.29 is 0 Å². The Hall–Kier alpha value is -2.07. The average Bonchev–Trinajstić information content (AvgIpc) is 2.55. The second kappa shape index (κ2) is 8.27. The standard InChI is InChI=1S/C20H23N/c1-2-3-4-5-7-10-17-13-14-20(19(15-17)16-21)18-11-8-6-9-12-18/h6,8-9,11-15H,2-5,7,10H2,1H3. The van der Waals surface area contributed by atoms with Gasteiger partial charge in [0.05, 0.1) is 11.6 Å².